The van der Waals surface area contributed by atoms with Crippen LogP contribution in [-0.4, -0.2) is 20.2 Å². The van der Waals surface area contributed by atoms with Gasteiger partial charge in [-0.3, -0.25) is 0 Å². The van der Waals surface area contributed by atoms with Crippen molar-refractivity contribution in [3.05, 3.63) is 29.8 Å². The molecule has 2 aliphatic rings. The van der Waals surface area contributed by atoms with E-state index < -0.39 is 9.84 Å². The Labute approximate surface area is 121 Å². The highest BCUT2D eigenvalue weighted by molar-refractivity contribution is 7.91. The van der Waals surface area contributed by atoms with Gasteiger partial charge in [-0.2, -0.15) is 0 Å². The van der Waals surface area contributed by atoms with Crippen LogP contribution in [0.1, 0.15) is 50.6 Å². The van der Waals surface area contributed by atoms with Crippen LogP contribution < -0.4 is 5.32 Å². The molecule has 1 heterocycles. The minimum atomic E-state index is -3.09. The van der Waals surface area contributed by atoms with Crippen molar-refractivity contribution in [2.45, 2.75) is 56.0 Å². The SMILES string of the molecule is CC(NC1CS(=O)(=O)c2ccccc21)C1CCCCC1. The second kappa shape index (κ2) is 5.49. The molecule has 1 aliphatic heterocycles. The van der Waals surface area contributed by atoms with Crippen LogP contribution in [0.4, 0.5) is 0 Å². The van der Waals surface area contributed by atoms with Crippen LogP contribution in [0.5, 0.6) is 0 Å². The van der Waals surface area contributed by atoms with Gasteiger partial charge >= 0.3 is 0 Å². The molecule has 2 atom stereocenters. The fourth-order valence-electron chi connectivity index (χ4n) is 3.68. The summed E-state index contributed by atoms with van der Waals surface area (Å²) in [4.78, 5) is 0.522. The first-order valence-electron chi connectivity index (χ1n) is 7.65. The molecule has 0 bridgehead atoms. The van der Waals surface area contributed by atoms with Gasteiger partial charge in [0.05, 0.1) is 10.6 Å². The molecule has 1 fully saturated rings. The summed E-state index contributed by atoms with van der Waals surface area (Å²) in [6.07, 6.45) is 6.53. The highest BCUT2D eigenvalue weighted by Crippen LogP contribution is 2.35. The van der Waals surface area contributed by atoms with Gasteiger partial charge in [-0.05, 0) is 37.3 Å². The number of nitrogens with one attached hydrogen (secondary N) is 1. The second-order valence-corrected chi connectivity index (χ2v) is 8.23. The maximum absolute atomic E-state index is 12.2. The zero-order valence-corrected chi connectivity index (χ0v) is 12.8. The molecule has 0 saturated heterocycles. The molecule has 0 aromatic heterocycles. The molecule has 3 rings (SSSR count). The van der Waals surface area contributed by atoms with Crippen molar-refractivity contribution in [3.8, 4) is 0 Å². The van der Waals surface area contributed by atoms with Crippen molar-refractivity contribution in [1.82, 2.24) is 5.32 Å². The summed E-state index contributed by atoms with van der Waals surface area (Å²) in [5.41, 5.74) is 0.954. The third-order valence-corrected chi connectivity index (χ3v) is 6.65. The van der Waals surface area contributed by atoms with E-state index >= 15 is 0 Å². The highest BCUT2D eigenvalue weighted by atomic mass is 32.2. The number of fused-ring (bicyclic) bond motifs is 1. The van der Waals surface area contributed by atoms with E-state index in [-0.39, 0.29) is 11.8 Å². The highest BCUT2D eigenvalue weighted by Gasteiger charge is 2.35. The van der Waals surface area contributed by atoms with E-state index in [4.69, 9.17) is 0 Å². The summed E-state index contributed by atoms with van der Waals surface area (Å²) < 4.78 is 24.4. The quantitative estimate of drug-likeness (QED) is 0.931. The standard InChI is InChI=1S/C16H23NO2S/c1-12(13-7-3-2-4-8-13)17-15-11-20(18,19)16-10-6-5-9-14(15)16/h5-6,9-10,12-13,15,17H,2-4,7-8,11H2,1H3. The number of hydrogen-bond acceptors (Lipinski definition) is 3. The molecule has 110 valence electrons. The lowest BCUT2D eigenvalue weighted by molar-refractivity contribution is 0.269. The largest absolute Gasteiger partial charge is 0.306 e. The third-order valence-electron chi connectivity index (χ3n) is 4.84. The monoisotopic (exact) mass is 293 g/mol. The van der Waals surface area contributed by atoms with E-state index in [9.17, 15) is 8.42 Å². The zero-order chi connectivity index (χ0) is 14.2. The van der Waals surface area contributed by atoms with E-state index in [1.807, 2.05) is 18.2 Å². The smallest absolute Gasteiger partial charge is 0.180 e. The van der Waals surface area contributed by atoms with E-state index in [1.165, 1.54) is 32.1 Å². The molecule has 20 heavy (non-hydrogen) atoms. The summed E-state index contributed by atoms with van der Waals surface area (Å²) in [7, 11) is -3.09. The van der Waals surface area contributed by atoms with Gasteiger partial charge < -0.3 is 5.32 Å². The van der Waals surface area contributed by atoms with Crippen molar-refractivity contribution in [2.24, 2.45) is 5.92 Å². The Balaban J connectivity index is 1.76. The summed E-state index contributed by atoms with van der Waals surface area (Å²) >= 11 is 0. The molecule has 1 aliphatic carbocycles. The fraction of sp³-hybridized carbons (Fsp3) is 0.625. The third kappa shape index (κ3) is 2.63. The van der Waals surface area contributed by atoms with Crippen LogP contribution in [0.15, 0.2) is 29.2 Å². The zero-order valence-electron chi connectivity index (χ0n) is 12.0. The minimum Gasteiger partial charge on any atom is -0.306 e. The van der Waals surface area contributed by atoms with E-state index in [1.54, 1.807) is 6.07 Å². The van der Waals surface area contributed by atoms with Gasteiger partial charge in [0, 0.05) is 12.1 Å². The molecular formula is C16H23NO2S. The maximum atomic E-state index is 12.2. The van der Waals surface area contributed by atoms with Gasteiger partial charge in [0.25, 0.3) is 0 Å². The van der Waals surface area contributed by atoms with Crippen molar-refractivity contribution in [2.75, 3.05) is 5.75 Å². The molecule has 1 N–H and O–H groups in total. The predicted octanol–water partition coefficient (Wildman–Crippen LogP) is 3.07. The molecular weight excluding hydrogens is 270 g/mol. The minimum absolute atomic E-state index is 0.0341. The van der Waals surface area contributed by atoms with Gasteiger partial charge in [0.15, 0.2) is 9.84 Å². The van der Waals surface area contributed by atoms with Crippen molar-refractivity contribution >= 4 is 9.84 Å². The van der Waals surface area contributed by atoms with Crippen LogP contribution in [0.25, 0.3) is 0 Å². The Morgan fingerprint density at radius 3 is 2.60 bits per heavy atom. The van der Waals surface area contributed by atoms with Gasteiger partial charge in [-0.15, -0.1) is 0 Å². The summed E-state index contributed by atoms with van der Waals surface area (Å²) in [5.74, 6) is 0.905. The van der Waals surface area contributed by atoms with Gasteiger partial charge in [-0.25, -0.2) is 8.42 Å². The van der Waals surface area contributed by atoms with E-state index in [2.05, 4.69) is 12.2 Å². The lowest BCUT2D eigenvalue weighted by Gasteiger charge is -2.30. The Morgan fingerprint density at radius 2 is 1.85 bits per heavy atom. The number of sulfone groups is 1. The molecule has 3 nitrogen and oxygen atoms in total. The van der Waals surface area contributed by atoms with Crippen LogP contribution in [0.2, 0.25) is 0 Å². The second-order valence-electron chi connectivity index (χ2n) is 6.23. The lowest BCUT2D eigenvalue weighted by Crippen LogP contribution is -2.38. The Hall–Kier alpha value is -0.870. The molecule has 2 unspecified atom stereocenters. The van der Waals surface area contributed by atoms with Crippen LogP contribution in [-0.2, 0) is 9.84 Å². The first-order chi connectivity index (χ1) is 9.58. The predicted molar refractivity (Wildman–Crippen MR) is 80.4 cm³/mol. The molecule has 0 amide bonds. The Kier molecular flexibility index (Phi) is 3.87. The fourth-order valence-corrected chi connectivity index (χ4v) is 5.43. The topological polar surface area (TPSA) is 46.2 Å². The Morgan fingerprint density at radius 1 is 1.15 bits per heavy atom. The Bertz CT molecular complexity index is 576. The number of hydrogen-bond donors (Lipinski definition) is 1. The average molecular weight is 293 g/mol. The summed E-state index contributed by atoms with van der Waals surface area (Å²) in [6.45, 7) is 2.21. The number of benzene rings is 1. The first-order valence-corrected chi connectivity index (χ1v) is 9.31. The van der Waals surface area contributed by atoms with Crippen molar-refractivity contribution < 1.29 is 8.42 Å². The van der Waals surface area contributed by atoms with Crippen LogP contribution >= 0.6 is 0 Å². The van der Waals surface area contributed by atoms with Crippen molar-refractivity contribution in [3.63, 3.8) is 0 Å². The maximum Gasteiger partial charge on any atom is 0.180 e. The molecule has 0 radical (unpaired) electrons. The molecule has 0 spiro atoms. The lowest BCUT2D eigenvalue weighted by atomic mass is 9.84. The van der Waals surface area contributed by atoms with Crippen molar-refractivity contribution in [1.29, 1.82) is 0 Å². The number of rotatable bonds is 3. The molecule has 1 aromatic rings. The molecule has 1 aromatic carbocycles. The van der Waals surface area contributed by atoms with Gasteiger partial charge in [0.2, 0.25) is 0 Å². The van der Waals surface area contributed by atoms with Crippen LogP contribution in [0.3, 0.4) is 0 Å². The van der Waals surface area contributed by atoms with Crippen LogP contribution in [0, 0.1) is 5.92 Å². The van der Waals surface area contributed by atoms with Gasteiger partial charge in [-0.1, -0.05) is 37.5 Å². The molecule has 4 heteroatoms. The normalized spacial score (nSPS) is 27.1. The average Bonchev–Trinajstić information content (AvgIpc) is 2.72. The summed E-state index contributed by atoms with van der Waals surface area (Å²) in [5, 5.41) is 3.58. The van der Waals surface area contributed by atoms with E-state index in [0.29, 0.717) is 16.9 Å². The summed E-state index contributed by atoms with van der Waals surface area (Å²) in [6, 6.07) is 7.78. The first kappa shape index (κ1) is 14.1. The van der Waals surface area contributed by atoms with Gasteiger partial charge in [0.1, 0.15) is 0 Å². The molecule has 1 saturated carbocycles. The van der Waals surface area contributed by atoms with E-state index in [0.717, 1.165) is 5.56 Å².